The smallest absolute Gasteiger partial charge is 0.256 e. The highest BCUT2D eigenvalue weighted by molar-refractivity contribution is 5.78. The first-order valence-corrected chi connectivity index (χ1v) is 12.7. The van der Waals surface area contributed by atoms with E-state index in [1.54, 1.807) is 12.1 Å². The summed E-state index contributed by atoms with van der Waals surface area (Å²) in [5, 5.41) is 7.77. The molecule has 1 aromatic heterocycles. The van der Waals surface area contributed by atoms with Crippen LogP contribution < -0.4 is 10.1 Å². The Morgan fingerprint density at radius 1 is 1.25 bits per heavy atom. The minimum atomic E-state index is -0.0210. The number of rotatable bonds is 7. The first kappa shape index (κ1) is 24.0. The molecule has 0 bridgehead atoms. The fraction of sp³-hybridized carbons (Fsp3) is 0.429. The van der Waals surface area contributed by atoms with Gasteiger partial charge >= 0.3 is 0 Å². The monoisotopic (exact) mass is 485 g/mol. The Labute approximate surface area is 211 Å². The summed E-state index contributed by atoms with van der Waals surface area (Å²) in [4.78, 5) is 22.8. The second-order valence-electron chi connectivity index (χ2n) is 9.67. The zero-order valence-corrected chi connectivity index (χ0v) is 20.8. The third-order valence-corrected chi connectivity index (χ3v) is 6.82. The molecule has 1 saturated heterocycles. The molecule has 0 unspecified atom stereocenters. The highest BCUT2D eigenvalue weighted by Gasteiger charge is 2.26. The van der Waals surface area contributed by atoms with Gasteiger partial charge in [-0.25, -0.2) is 4.85 Å². The summed E-state index contributed by atoms with van der Waals surface area (Å²) in [6, 6.07) is 11.6. The van der Waals surface area contributed by atoms with Crippen LogP contribution in [0.5, 0.6) is 5.75 Å². The molecule has 36 heavy (non-hydrogen) atoms. The largest absolute Gasteiger partial charge is 0.502 e. The summed E-state index contributed by atoms with van der Waals surface area (Å²) in [6.07, 6.45) is 5.12. The van der Waals surface area contributed by atoms with Crippen molar-refractivity contribution in [2.75, 3.05) is 19.6 Å². The van der Waals surface area contributed by atoms with E-state index in [0.29, 0.717) is 35.3 Å². The Hall–Kier alpha value is -3.70. The zero-order chi connectivity index (χ0) is 25.1. The van der Waals surface area contributed by atoms with E-state index >= 15 is 0 Å². The van der Waals surface area contributed by atoms with Crippen LogP contribution in [0.1, 0.15) is 56.7 Å². The number of fused-ring (bicyclic) bond motifs is 1. The van der Waals surface area contributed by atoms with Crippen LogP contribution in [0.3, 0.4) is 0 Å². The van der Waals surface area contributed by atoms with Crippen LogP contribution in [0.2, 0.25) is 0 Å². The molecule has 1 N–H and O–H groups in total. The first-order valence-electron chi connectivity index (χ1n) is 12.7. The second kappa shape index (κ2) is 10.5. The maximum Gasteiger partial charge on any atom is 0.256 e. The summed E-state index contributed by atoms with van der Waals surface area (Å²) in [5.74, 6) is 1.62. The fourth-order valence-electron chi connectivity index (χ4n) is 5.10. The summed E-state index contributed by atoms with van der Waals surface area (Å²) in [6.45, 7) is 13.5. The van der Waals surface area contributed by atoms with Gasteiger partial charge < -0.3 is 19.5 Å². The summed E-state index contributed by atoms with van der Waals surface area (Å²) < 4.78 is 11.3. The van der Waals surface area contributed by atoms with Crippen LogP contribution in [-0.2, 0) is 11.2 Å². The maximum atomic E-state index is 12.5. The number of carbonyl (C=O) groups excluding carboxylic acids is 1. The normalized spacial score (nSPS) is 17.2. The number of carbonyl (C=O) groups is 1. The third kappa shape index (κ3) is 4.98. The van der Waals surface area contributed by atoms with Crippen LogP contribution in [0, 0.1) is 6.57 Å². The molecule has 5 rings (SSSR count). The average molecular weight is 486 g/mol. The molecule has 2 aliphatic rings. The molecule has 2 aromatic carbocycles. The van der Waals surface area contributed by atoms with Gasteiger partial charge in [-0.05, 0) is 75.3 Å². The molecule has 0 saturated carbocycles. The number of likely N-dealkylation sites (tertiary alicyclic amines) is 1. The minimum Gasteiger partial charge on any atom is -0.502 e. The molecule has 2 heterocycles. The van der Waals surface area contributed by atoms with Crippen molar-refractivity contribution in [2.45, 2.75) is 58.1 Å². The molecule has 1 aliphatic heterocycles. The SMILES string of the molecule is [C-]#[N+]c1cc(-c2nc(-c3cccc4c3CCC[C@@H]4NCC(=O)N3CCCC3)no2)ccc1OC(C)C. The van der Waals surface area contributed by atoms with Gasteiger partial charge in [0.25, 0.3) is 5.89 Å². The van der Waals surface area contributed by atoms with Crippen LogP contribution in [-0.4, -0.2) is 46.7 Å². The minimum absolute atomic E-state index is 0.0210. The van der Waals surface area contributed by atoms with Crippen LogP contribution in [0.4, 0.5) is 5.69 Å². The topological polar surface area (TPSA) is 84.9 Å². The van der Waals surface area contributed by atoms with E-state index in [0.717, 1.165) is 50.8 Å². The van der Waals surface area contributed by atoms with Crippen molar-refractivity contribution in [1.29, 1.82) is 0 Å². The molecule has 0 spiro atoms. The lowest BCUT2D eigenvalue weighted by atomic mass is 9.84. The van der Waals surface area contributed by atoms with Crippen molar-refractivity contribution >= 4 is 11.6 Å². The van der Waals surface area contributed by atoms with E-state index in [4.69, 9.17) is 15.8 Å². The lowest BCUT2D eigenvalue weighted by Crippen LogP contribution is -2.38. The molecule has 1 aliphatic carbocycles. The first-order chi connectivity index (χ1) is 17.5. The van der Waals surface area contributed by atoms with E-state index in [2.05, 4.69) is 26.4 Å². The summed E-state index contributed by atoms with van der Waals surface area (Å²) >= 11 is 0. The number of hydrogen-bond acceptors (Lipinski definition) is 6. The summed E-state index contributed by atoms with van der Waals surface area (Å²) in [7, 11) is 0. The van der Waals surface area contributed by atoms with Crippen molar-refractivity contribution < 1.29 is 14.1 Å². The standard InChI is InChI=1S/C28H31N5O3/c1-18(2)35-25-13-12-19(16-24(25)29-3)28-31-27(32-36-28)22-10-6-9-21-20(22)8-7-11-23(21)30-17-26(34)33-14-4-5-15-33/h6,9-10,12-13,16,18,23,30H,4-5,7-8,11,14-15,17H2,1-2H3/t23-/m0/s1. The Kier molecular flexibility index (Phi) is 7.01. The number of nitrogens with one attached hydrogen (secondary N) is 1. The van der Waals surface area contributed by atoms with Crippen LogP contribution in [0.15, 0.2) is 40.9 Å². The van der Waals surface area contributed by atoms with Gasteiger partial charge in [0.15, 0.2) is 0 Å². The maximum absolute atomic E-state index is 12.5. The van der Waals surface area contributed by atoms with Crippen LogP contribution >= 0.6 is 0 Å². The van der Waals surface area contributed by atoms with Gasteiger partial charge in [0, 0.05) is 30.3 Å². The number of ether oxygens (including phenoxy) is 1. The Morgan fingerprint density at radius 3 is 2.86 bits per heavy atom. The molecular weight excluding hydrogens is 454 g/mol. The number of hydrogen-bond donors (Lipinski definition) is 1. The van der Waals surface area contributed by atoms with E-state index < -0.39 is 0 Å². The molecular formula is C28H31N5O3. The third-order valence-electron chi connectivity index (χ3n) is 6.82. The predicted molar refractivity (Wildman–Crippen MR) is 137 cm³/mol. The number of amides is 1. The van der Waals surface area contributed by atoms with Crippen LogP contribution in [0.25, 0.3) is 27.7 Å². The van der Waals surface area contributed by atoms with Gasteiger partial charge in [0.2, 0.25) is 17.4 Å². The van der Waals surface area contributed by atoms with Crippen molar-refractivity contribution in [3.05, 3.63) is 58.9 Å². The molecule has 0 radical (unpaired) electrons. The Bertz CT molecular complexity index is 1290. The van der Waals surface area contributed by atoms with E-state index in [1.807, 2.05) is 36.9 Å². The Balaban J connectivity index is 1.37. The molecule has 1 amide bonds. The molecule has 8 nitrogen and oxygen atoms in total. The molecule has 186 valence electrons. The van der Waals surface area contributed by atoms with Crippen molar-refractivity contribution in [1.82, 2.24) is 20.4 Å². The lowest BCUT2D eigenvalue weighted by molar-refractivity contribution is -0.129. The van der Waals surface area contributed by atoms with Gasteiger partial charge in [-0.2, -0.15) is 4.98 Å². The highest BCUT2D eigenvalue weighted by Crippen LogP contribution is 2.37. The molecule has 1 atom stereocenters. The zero-order valence-electron chi connectivity index (χ0n) is 20.8. The second-order valence-corrected chi connectivity index (χ2v) is 9.67. The number of nitrogens with zero attached hydrogens (tertiary/aromatic N) is 4. The molecule has 3 aromatic rings. The Morgan fingerprint density at radius 2 is 2.08 bits per heavy atom. The fourth-order valence-corrected chi connectivity index (χ4v) is 5.10. The van der Waals surface area contributed by atoms with E-state index in [-0.39, 0.29) is 18.1 Å². The van der Waals surface area contributed by atoms with E-state index in [1.165, 1.54) is 11.1 Å². The molecule has 8 heteroatoms. The number of benzene rings is 2. The van der Waals surface area contributed by atoms with Gasteiger partial charge in [-0.15, -0.1) is 0 Å². The molecule has 1 fully saturated rings. The predicted octanol–water partition coefficient (Wildman–Crippen LogP) is 5.33. The van der Waals surface area contributed by atoms with Crippen molar-refractivity contribution in [3.63, 3.8) is 0 Å². The van der Waals surface area contributed by atoms with Gasteiger partial charge in [-0.1, -0.05) is 23.4 Å². The van der Waals surface area contributed by atoms with Crippen molar-refractivity contribution in [2.24, 2.45) is 0 Å². The van der Waals surface area contributed by atoms with Crippen molar-refractivity contribution in [3.8, 4) is 28.6 Å². The van der Waals surface area contributed by atoms with Gasteiger partial charge in [0.05, 0.1) is 19.2 Å². The number of aromatic nitrogens is 2. The summed E-state index contributed by atoms with van der Waals surface area (Å²) in [5.41, 5.74) is 4.44. The lowest BCUT2D eigenvalue weighted by Gasteiger charge is -2.28. The van der Waals surface area contributed by atoms with Gasteiger partial charge in [0.1, 0.15) is 5.75 Å². The highest BCUT2D eigenvalue weighted by atomic mass is 16.5. The van der Waals surface area contributed by atoms with E-state index in [9.17, 15) is 4.79 Å². The quantitative estimate of drug-likeness (QED) is 0.455. The average Bonchev–Trinajstić information content (AvgIpc) is 3.60. The van der Waals surface area contributed by atoms with Gasteiger partial charge in [-0.3, -0.25) is 4.79 Å².